The van der Waals surface area contributed by atoms with Crippen LogP contribution in [0.3, 0.4) is 0 Å². The summed E-state index contributed by atoms with van der Waals surface area (Å²) in [7, 11) is 0. The monoisotopic (exact) mass is 343 g/mol. The van der Waals surface area contributed by atoms with E-state index in [0.29, 0.717) is 31.2 Å². The first-order valence-electron chi connectivity index (χ1n) is 9.47. The summed E-state index contributed by atoms with van der Waals surface area (Å²) >= 11 is 0. The smallest absolute Gasteiger partial charge is 0.161 e. The van der Waals surface area contributed by atoms with Crippen molar-refractivity contribution in [3.63, 3.8) is 0 Å². The second-order valence-electron chi connectivity index (χ2n) is 8.60. The second-order valence-corrected chi connectivity index (χ2v) is 8.60. The summed E-state index contributed by atoms with van der Waals surface area (Å²) in [5.41, 5.74) is -0.166. The number of hydrogen-bond donors (Lipinski definition) is 3. The number of fused-ring (bicyclic) bond motifs is 1. The molecule has 5 rings (SSSR count). The molecule has 5 heteroatoms. The quantitative estimate of drug-likeness (QED) is 0.714. The topological polar surface area (TPSA) is 81.0 Å². The van der Waals surface area contributed by atoms with Crippen molar-refractivity contribution in [2.24, 2.45) is 5.92 Å². The van der Waals surface area contributed by atoms with E-state index < -0.39 is 11.0 Å². The first-order chi connectivity index (χ1) is 11.9. The third kappa shape index (κ3) is 1.99. The standard InChI is InChI=1S/C20H25NO4/c22-14-5-6-20(25)16-9-13-3-4-15(23)18(24)17(13)19(20,10-14)7-8-21(16)11-12-1-2-12/h3-4,12,16,23-25H,1-2,5-11H2. The predicted molar refractivity (Wildman–Crippen MR) is 91.7 cm³/mol. The van der Waals surface area contributed by atoms with Crippen molar-refractivity contribution < 1.29 is 20.1 Å². The Morgan fingerprint density at radius 3 is 2.76 bits per heavy atom. The summed E-state index contributed by atoms with van der Waals surface area (Å²) in [6.45, 7) is 1.86. The molecule has 5 nitrogen and oxygen atoms in total. The van der Waals surface area contributed by atoms with E-state index in [1.807, 2.05) is 6.07 Å². The number of carbonyl (C=O) groups excluding carboxylic acids is 1. The van der Waals surface area contributed by atoms with Gasteiger partial charge in [0.2, 0.25) is 0 Å². The minimum Gasteiger partial charge on any atom is -0.504 e. The van der Waals surface area contributed by atoms with E-state index >= 15 is 0 Å². The van der Waals surface area contributed by atoms with E-state index in [4.69, 9.17) is 0 Å². The first-order valence-corrected chi connectivity index (χ1v) is 9.47. The maximum Gasteiger partial charge on any atom is 0.161 e. The lowest BCUT2D eigenvalue weighted by Crippen LogP contribution is -2.73. The molecular weight excluding hydrogens is 318 g/mol. The molecule has 1 aliphatic heterocycles. The summed E-state index contributed by atoms with van der Waals surface area (Å²) in [5.74, 6) is 0.595. The highest BCUT2D eigenvalue weighted by Gasteiger charge is 2.65. The second kappa shape index (κ2) is 4.98. The van der Waals surface area contributed by atoms with Gasteiger partial charge in [0.15, 0.2) is 11.5 Å². The number of likely N-dealkylation sites (tertiary alicyclic amines) is 1. The maximum atomic E-state index is 12.4. The zero-order valence-electron chi connectivity index (χ0n) is 14.4. The van der Waals surface area contributed by atoms with Crippen molar-refractivity contribution in [1.82, 2.24) is 4.90 Å². The van der Waals surface area contributed by atoms with Crippen LogP contribution in [0, 0.1) is 5.92 Å². The van der Waals surface area contributed by atoms with Crippen molar-refractivity contribution in [2.75, 3.05) is 13.1 Å². The van der Waals surface area contributed by atoms with Gasteiger partial charge < -0.3 is 15.3 Å². The number of piperidine rings is 1. The molecule has 1 saturated heterocycles. The van der Waals surface area contributed by atoms with Gasteiger partial charge in [-0.2, -0.15) is 0 Å². The molecule has 3 aliphatic carbocycles. The fourth-order valence-electron chi connectivity index (χ4n) is 5.84. The molecule has 0 aromatic heterocycles. The van der Waals surface area contributed by atoms with Crippen LogP contribution in [0.1, 0.15) is 49.7 Å². The van der Waals surface area contributed by atoms with Crippen molar-refractivity contribution >= 4 is 5.78 Å². The maximum absolute atomic E-state index is 12.4. The SMILES string of the molecule is O=C1CCC2(O)C3Cc4ccc(O)c(O)c4C2(CCN3CC2CC2)C1. The molecule has 0 amide bonds. The molecule has 2 saturated carbocycles. The molecule has 2 bridgehead atoms. The molecule has 1 aromatic rings. The molecule has 3 unspecified atom stereocenters. The number of nitrogens with zero attached hydrogens (tertiary/aromatic N) is 1. The van der Waals surface area contributed by atoms with E-state index in [1.54, 1.807) is 0 Å². The number of hydrogen-bond acceptors (Lipinski definition) is 5. The van der Waals surface area contributed by atoms with E-state index in [9.17, 15) is 20.1 Å². The van der Waals surface area contributed by atoms with Crippen molar-refractivity contribution in [2.45, 2.75) is 62.0 Å². The van der Waals surface area contributed by atoms with Gasteiger partial charge in [0.1, 0.15) is 5.78 Å². The molecule has 3 fully saturated rings. The summed E-state index contributed by atoms with van der Waals surface area (Å²) in [6.07, 6.45) is 4.99. The Morgan fingerprint density at radius 2 is 2.00 bits per heavy atom. The van der Waals surface area contributed by atoms with Crippen LogP contribution in [0.5, 0.6) is 11.5 Å². The van der Waals surface area contributed by atoms with E-state index in [2.05, 4.69) is 4.90 Å². The molecular formula is C20H25NO4. The van der Waals surface area contributed by atoms with Gasteiger partial charge in [0, 0.05) is 36.4 Å². The van der Waals surface area contributed by atoms with Gasteiger partial charge in [-0.05, 0) is 56.2 Å². The highest BCUT2D eigenvalue weighted by molar-refractivity contribution is 5.83. The summed E-state index contributed by atoms with van der Waals surface area (Å²) in [6, 6.07) is 3.38. The van der Waals surface area contributed by atoms with Gasteiger partial charge in [0.05, 0.1) is 5.60 Å². The molecule has 3 atom stereocenters. The number of phenolic OH excluding ortho intramolecular Hbond substituents is 2. The molecule has 0 radical (unpaired) electrons. The average molecular weight is 343 g/mol. The average Bonchev–Trinajstić information content (AvgIpc) is 3.38. The van der Waals surface area contributed by atoms with Gasteiger partial charge in [0.25, 0.3) is 0 Å². The molecule has 4 aliphatic rings. The van der Waals surface area contributed by atoms with Gasteiger partial charge >= 0.3 is 0 Å². The number of phenols is 2. The molecule has 1 aromatic carbocycles. The Balaban J connectivity index is 1.69. The zero-order chi connectivity index (χ0) is 17.4. The molecule has 134 valence electrons. The minimum atomic E-state index is -1.01. The largest absolute Gasteiger partial charge is 0.504 e. The van der Waals surface area contributed by atoms with Crippen molar-refractivity contribution in [3.8, 4) is 11.5 Å². The molecule has 1 heterocycles. The Bertz CT molecular complexity index is 758. The van der Waals surface area contributed by atoms with Crippen LogP contribution in [-0.4, -0.2) is 50.7 Å². The van der Waals surface area contributed by atoms with Crippen LogP contribution >= 0.6 is 0 Å². The van der Waals surface area contributed by atoms with E-state index in [-0.39, 0.29) is 29.7 Å². The van der Waals surface area contributed by atoms with Crippen LogP contribution in [0.15, 0.2) is 12.1 Å². The van der Waals surface area contributed by atoms with Crippen LogP contribution in [0.4, 0.5) is 0 Å². The predicted octanol–water partition coefficient (Wildman–Crippen LogP) is 1.86. The van der Waals surface area contributed by atoms with E-state index in [0.717, 1.165) is 24.6 Å². The normalized spacial score (nSPS) is 37.5. The number of aromatic hydroxyl groups is 2. The van der Waals surface area contributed by atoms with E-state index in [1.165, 1.54) is 18.9 Å². The van der Waals surface area contributed by atoms with Gasteiger partial charge in [-0.1, -0.05) is 6.07 Å². The molecule has 3 N–H and O–H groups in total. The zero-order valence-corrected chi connectivity index (χ0v) is 14.4. The number of benzene rings is 1. The Hall–Kier alpha value is -1.59. The van der Waals surface area contributed by atoms with Crippen LogP contribution in [0.25, 0.3) is 0 Å². The number of carbonyl (C=O) groups is 1. The lowest BCUT2D eigenvalue weighted by atomic mass is 9.49. The minimum absolute atomic E-state index is 0.00797. The van der Waals surface area contributed by atoms with Gasteiger partial charge in [-0.25, -0.2) is 0 Å². The summed E-state index contributed by atoms with van der Waals surface area (Å²) < 4.78 is 0. The van der Waals surface area contributed by atoms with Crippen LogP contribution < -0.4 is 0 Å². The number of rotatable bonds is 2. The highest BCUT2D eigenvalue weighted by Crippen LogP contribution is 2.60. The molecule has 0 spiro atoms. The highest BCUT2D eigenvalue weighted by atomic mass is 16.3. The lowest BCUT2D eigenvalue weighted by Gasteiger charge is -2.63. The Morgan fingerprint density at radius 1 is 1.20 bits per heavy atom. The number of Topliss-reactive ketones (excluding diaryl/α,β-unsaturated/α-hetero) is 1. The van der Waals surface area contributed by atoms with Crippen LogP contribution in [-0.2, 0) is 16.6 Å². The Kier molecular flexibility index (Phi) is 3.12. The first kappa shape index (κ1) is 15.6. The number of ketones is 1. The Labute approximate surface area is 147 Å². The van der Waals surface area contributed by atoms with Crippen molar-refractivity contribution in [3.05, 3.63) is 23.3 Å². The summed E-state index contributed by atoms with van der Waals surface area (Å²) in [5, 5.41) is 32.5. The third-order valence-electron chi connectivity index (χ3n) is 7.25. The third-order valence-corrected chi connectivity index (χ3v) is 7.25. The number of aliphatic hydroxyl groups is 1. The fourth-order valence-corrected chi connectivity index (χ4v) is 5.84. The fraction of sp³-hybridized carbons (Fsp3) is 0.650. The van der Waals surface area contributed by atoms with Gasteiger partial charge in [-0.3, -0.25) is 9.69 Å². The van der Waals surface area contributed by atoms with Gasteiger partial charge in [-0.15, -0.1) is 0 Å². The van der Waals surface area contributed by atoms with Crippen molar-refractivity contribution in [1.29, 1.82) is 0 Å². The van der Waals surface area contributed by atoms with Crippen LogP contribution in [0.2, 0.25) is 0 Å². The summed E-state index contributed by atoms with van der Waals surface area (Å²) in [4.78, 5) is 14.8. The molecule has 25 heavy (non-hydrogen) atoms. The lowest BCUT2D eigenvalue weighted by molar-refractivity contribution is -0.173.